The normalized spacial score (nSPS) is 25.6. The molecule has 4 rings (SSSR count). The number of fused-ring (bicyclic) bond motifs is 1. The van der Waals surface area contributed by atoms with Gasteiger partial charge in [0.15, 0.2) is 5.76 Å². The summed E-state index contributed by atoms with van der Waals surface area (Å²) in [5.41, 5.74) is 1.93. The lowest BCUT2D eigenvalue weighted by atomic mass is 9.82. The van der Waals surface area contributed by atoms with Crippen LogP contribution in [0, 0.1) is 5.92 Å². The second kappa shape index (κ2) is 8.92. The van der Waals surface area contributed by atoms with Crippen LogP contribution < -0.4 is 10.6 Å². The molecule has 1 saturated carbocycles. The molecule has 2 fully saturated rings. The smallest absolute Gasteiger partial charge is 0.286 e. The molecular weight excluding hydrogens is 400 g/mol. The van der Waals surface area contributed by atoms with Crippen LogP contribution in [0.1, 0.15) is 43.4 Å². The fourth-order valence-corrected chi connectivity index (χ4v) is 4.22. The standard InChI is InChI=1S/C24H25ClN2O3/c1-15(17-5-3-2-4-6-17)26-23(28)18-9-12-21-20(14-18)27-24(29)22(30-21)13-16-7-10-19(25)11-8-16/h2-8,10-11,13,15,18,20-21H,9,12,14H2,1H3,(H,26,28)(H,27,29)/b22-13-. The van der Waals surface area contributed by atoms with Crippen molar-refractivity contribution in [3.63, 3.8) is 0 Å². The summed E-state index contributed by atoms with van der Waals surface area (Å²) in [6.45, 7) is 1.98. The monoisotopic (exact) mass is 424 g/mol. The van der Waals surface area contributed by atoms with Gasteiger partial charge in [0, 0.05) is 10.9 Å². The summed E-state index contributed by atoms with van der Waals surface area (Å²) >= 11 is 5.92. The predicted molar refractivity (Wildman–Crippen MR) is 117 cm³/mol. The Kier molecular flexibility index (Phi) is 6.09. The zero-order valence-electron chi connectivity index (χ0n) is 16.8. The largest absolute Gasteiger partial charge is 0.483 e. The Morgan fingerprint density at radius 1 is 1.17 bits per heavy atom. The van der Waals surface area contributed by atoms with Crippen LogP contribution in [0.15, 0.2) is 60.4 Å². The molecule has 4 unspecified atom stereocenters. The third kappa shape index (κ3) is 4.68. The van der Waals surface area contributed by atoms with Gasteiger partial charge in [-0.25, -0.2) is 0 Å². The molecular formula is C24H25ClN2O3. The number of rotatable bonds is 4. The number of halogens is 1. The van der Waals surface area contributed by atoms with E-state index in [9.17, 15) is 9.59 Å². The number of nitrogens with one attached hydrogen (secondary N) is 2. The molecule has 4 atom stereocenters. The number of hydrogen-bond acceptors (Lipinski definition) is 3. The van der Waals surface area contributed by atoms with Crippen LogP contribution >= 0.6 is 11.6 Å². The van der Waals surface area contributed by atoms with Crippen molar-refractivity contribution in [2.24, 2.45) is 5.92 Å². The van der Waals surface area contributed by atoms with Crippen LogP contribution in [0.25, 0.3) is 6.08 Å². The summed E-state index contributed by atoms with van der Waals surface area (Å²) in [5.74, 6) is -0.0475. The third-order valence-corrected chi connectivity index (χ3v) is 6.05. The van der Waals surface area contributed by atoms with E-state index in [1.54, 1.807) is 18.2 Å². The minimum absolute atomic E-state index is 0.0292. The van der Waals surface area contributed by atoms with E-state index >= 15 is 0 Å². The van der Waals surface area contributed by atoms with Crippen LogP contribution in [-0.2, 0) is 14.3 Å². The van der Waals surface area contributed by atoms with E-state index in [2.05, 4.69) is 10.6 Å². The SMILES string of the molecule is CC(NC(=O)C1CCC2O/C(=C\c3ccc(Cl)cc3)C(=O)NC2C1)c1ccccc1. The summed E-state index contributed by atoms with van der Waals surface area (Å²) in [6, 6.07) is 16.9. The van der Waals surface area contributed by atoms with Gasteiger partial charge in [-0.3, -0.25) is 9.59 Å². The quantitative estimate of drug-likeness (QED) is 0.721. The first-order valence-corrected chi connectivity index (χ1v) is 10.7. The molecule has 1 aliphatic carbocycles. The maximum absolute atomic E-state index is 12.8. The van der Waals surface area contributed by atoms with Crippen LogP contribution in [0.5, 0.6) is 0 Å². The van der Waals surface area contributed by atoms with Crippen molar-refractivity contribution in [1.29, 1.82) is 0 Å². The fraction of sp³-hybridized carbons (Fsp3) is 0.333. The van der Waals surface area contributed by atoms with E-state index in [1.165, 1.54) is 0 Å². The van der Waals surface area contributed by atoms with Crippen molar-refractivity contribution < 1.29 is 14.3 Å². The van der Waals surface area contributed by atoms with Crippen LogP contribution in [0.4, 0.5) is 0 Å². The third-order valence-electron chi connectivity index (χ3n) is 5.80. The molecule has 1 aliphatic heterocycles. The molecule has 156 valence electrons. The first-order valence-electron chi connectivity index (χ1n) is 10.3. The van der Waals surface area contributed by atoms with E-state index in [0.29, 0.717) is 17.2 Å². The van der Waals surface area contributed by atoms with Crippen molar-refractivity contribution >= 4 is 29.5 Å². The van der Waals surface area contributed by atoms with Gasteiger partial charge in [0.1, 0.15) is 6.10 Å². The number of benzene rings is 2. The van der Waals surface area contributed by atoms with Crippen molar-refractivity contribution in [2.75, 3.05) is 0 Å². The Morgan fingerprint density at radius 2 is 1.90 bits per heavy atom. The zero-order valence-corrected chi connectivity index (χ0v) is 17.6. The van der Waals surface area contributed by atoms with Gasteiger partial charge in [-0.1, -0.05) is 54.1 Å². The van der Waals surface area contributed by atoms with Gasteiger partial charge < -0.3 is 15.4 Å². The van der Waals surface area contributed by atoms with E-state index in [0.717, 1.165) is 24.0 Å². The Hall–Kier alpha value is -2.79. The summed E-state index contributed by atoms with van der Waals surface area (Å²) in [5, 5.41) is 6.78. The van der Waals surface area contributed by atoms with Gasteiger partial charge in [0.05, 0.1) is 12.1 Å². The minimum atomic E-state index is -0.245. The van der Waals surface area contributed by atoms with Crippen LogP contribution in [-0.4, -0.2) is 24.0 Å². The summed E-state index contributed by atoms with van der Waals surface area (Å²) in [4.78, 5) is 25.3. The van der Waals surface area contributed by atoms with E-state index < -0.39 is 0 Å². The Morgan fingerprint density at radius 3 is 2.63 bits per heavy atom. The van der Waals surface area contributed by atoms with Crippen molar-refractivity contribution in [2.45, 2.75) is 44.4 Å². The first kappa shape index (κ1) is 20.5. The van der Waals surface area contributed by atoms with Crippen LogP contribution in [0.2, 0.25) is 5.02 Å². The van der Waals surface area contributed by atoms with Gasteiger partial charge in [-0.05, 0) is 55.5 Å². The van der Waals surface area contributed by atoms with Gasteiger partial charge >= 0.3 is 0 Å². The molecule has 2 N–H and O–H groups in total. The van der Waals surface area contributed by atoms with Gasteiger partial charge in [0.25, 0.3) is 5.91 Å². The van der Waals surface area contributed by atoms with E-state index in [1.807, 2.05) is 49.4 Å². The maximum Gasteiger partial charge on any atom is 0.286 e. The lowest BCUT2D eigenvalue weighted by Gasteiger charge is -2.40. The Labute approximate surface area is 181 Å². The minimum Gasteiger partial charge on any atom is -0.483 e. The van der Waals surface area contributed by atoms with Gasteiger partial charge in [-0.15, -0.1) is 0 Å². The van der Waals surface area contributed by atoms with Crippen LogP contribution in [0.3, 0.4) is 0 Å². The predicted octanol–water partition coefficient (Wildman–Crippen LogP) is 4.24. The van der Waals surface area contributed by atoms with E-state index in [-0.39, 0.29) is 35.9 Å². The van der Waals surface area contributed by atoms with Crippen molar-refractivity contribution in [3.8, 4) is 0 Å². The second-order valence-corrected chi connectivity index (χ2v) is 8.38. The lowest BCUT2D eigenvalue weighted by Crippen LogP contribution is -2.54. The van der Waals surface area contributed by atoms with Gasteiger partial charge in [0.2, 0.25) is 5.91 Å². The number of amides is 2. The molecule has 2 aromatic rings. The molecule has 0 aromatic heterocycles. The zero-order chi connectivity index (χ0) is 21.1. The van der Waals surface area contributed by atoms with Crippen molar-refractivity contribution in [1.82, 2.24) is 10.6 Å². The second-order valence-electron chi connectivity index (χ2n) is 7.95. The molecule has 0 radical (unpaired) electrons. The average Bonchev–Trinajstić information content (AvgIpc) is 2.76. The molecule has 2 aromatic carbocycles. The lowest BCUT2D eigenvalue weighted by molar-refractivity contribution is -0.135. The molecule has 30 heavy (non-hydrogen) atoms. The summed E-state index contributed by atoms with van der Waals surface area (Å²) < 4.78 is 6.00. The number of morpholine rings is 1. The molecule has 0 bridgehead atoms. The highest BCUT2D eigenvalue weighted by molar-refractivity contribution is 6.30. The summed E-state index contributed by atoms with van der Waals surface area (Å²) in [6.07, 6.45) is 3.65. The first-order chi connectivity index (χ1) is 14.5. The number of carbonyl (C=O) groups excluding carboxylic acids is 2. The van der Waals surface area contributed by atoms with E-state index in [4.69, 9.17) is 16.3 Å². The maximum atomic E-state index is 12.8. The molecule has 1 saturated heterocycles. The molecule has 6 heteroatoms. The highest BCUT2D eigenvalue weighted by Gasteiger charge is 2.40. The molecule has 1 heterocycles. The highest BCUT2D eigenvalue weighted by atomic mass is 35.5. The molecule has 5 nitrogen and oxygen atoms in total. The summed E-state index contributed by atoms with van der Waals surface area (Å²) in [7, 11) is 0. The number of ether oxygens (including phenoxy) is 1. The molecule has 0 spiro atoms. The highest BCUT2D eigenvalue weighted by Crippen LogP contribution is 2.32. The number of hydrogen-bond donors (Lipinski definition) is 2. The Bertz CT molecular complexity index is 943. The average molecular weight is 425 g/mol. The van der Waals surface area contributed by atoms with Gasteiger partial charge in [-0.2, -0.15) is 0 Å². The Balaban J connectivity index is 1.37. The topological polar surface area (TPSA) is 67.4 Å². The molecule has 2 amide bonds. The molecule has 2 aliphatic rings. The fourth-order valence-electron chi connectivity index (χ4n) is 4.10. The van der Waals surface area contributed by atoms with Crippen molar-refractivity contribution in [3.05, 3.63) is 76.5 Å². The number of carbonyl (C=O) groups is 2.